The summed E-state index contributed by atoms with van der Waals surface area (Å²) in [6.45, 7) is 1.13. The van der Waals surface area contributed by atoms with E-state index >= 15 is 0 Å². The number of nitrogens with one attached hydrogen (secondary N) is 1. The number of hydrogen-bond acceptors (Lipinski definition) is 7. The van der Waals surface area contributed by atoms with Gasteiger partial charge in [-0.25, -0.2) is 9.97 Å². The molecule has 8 nitrogen and oxygen atoms in total. The SMILES string of the molecule is CC1(O)[C@H](O)[C@@H](CO)O[C@H]1n1cc2c3c(ncnc31)NC=CC2. The fourth-order valence-corrected chi connectivity index (χ4v) is 3.32. The van der Waals surface area contributed by atoms with Crippen LogP contribution in [0.3, 0.4) is 0 Å². The summed E-state index contributed by atoms with van der Waals surface area (Å²) >= 11 is 0. The van der Waals surface area contributed by atoms with Crippen LogP contribution in [0, 0.1) is 0 Å². The van der Waals surface area contributed by atoms with Crippen LogP contribution in [0.5, 0.6) is 0 Å². The lowest BCUT2D eigenvalue weighted by molar-refractivity contribution is -0.0948. The molecule has 0 saturated carbocycles. The van der Waals surface area contributed by atoms with Gasteiger partial charge in [-0.1, -0.05) is 6.08 Å². The Hall–Kier alpha value is -2.00. The Morgan fingerprint density at radius 3 is 3.04 bits per heavy atom. The third-order valence-electron chi connectivity index (χ3n) is 4.55. The summed E-state index contributed by atoms with van der Waals surface area (Å²) in [7, 11) is 0. The van der Waals surface area contributed by atoms with Crippen molar-refractivity contribution in [1.29, 1.82) is 0 Å². The van der Waals surface area contributed by atoms with E-state index in [1.54, 1.807) is 4.57 Å². The summed E-state index contributed by atoms with van der Waals surface area (Å²) < 4.78 is 7.40. The van der Waals surface area contributed by atoms with E-state index in [9.17, 15) is 15.3 Å². The van der Waals surface area contributed by atoms with Crippen LogP contribution in [-0.2, 0) is 11.2 Å². The van der Waals surface area contributed by atoms with E-state index in [1.807, 2.05) is 18.5 Å². The number of rotatable bonds is 2. The number of aliphatic hydroxyl groups excluding tert-OH is 2. The summed E-state index contributed by atoms with van der Waals surface area (Å²) in [5.41, 5.74) is 0.0604. The van der Waals surface area contributed by atoms with Gasteiger partial charge in [0.1, 0.15) is 35.6 Å². The molecule has 2 aromatic heterocycles. The number of aliphatic hydroxyl groups is 3. The zero-order valence-corrected chi connectivity index (χ0v) is 12.5. The average Bonchev–Trinajstić information content (AvgIpc) is 2.90. The van der Waals surface area contributed by atoms with E-state index < -0.39 is 24.0 Å². The minimum absolute atomic E-state index is 0.371. The fraction of sp³-hybridized carbons (Fsp3) is 0.467. The third-order valence-corrected chi connectivity index (χ3v) is 4.55. The minimum atomic E-state index is -1.55. The van der Waals surface area contributed by atoms with Crippen LogP contribution in [0.1, 0.15) is 18.7 Å². The summed E-state index contributed by atoms with van der Waals surface area (Å²) in [4.78, 5) is 8.56. The van der Waals surface area contributed by atoms with Gasteiger partial charge >= 0.3 is 0 Å². The van der Waals surface area contributed by atoms with Gasteiger partial charge in [0.15, 0.2) is 6.23 Å². The van der Waals surface area contributed by atoms with Gasteiger partial charge in [-0.05, 0) is 25.1 Å². The highest BCUT2D eigenvalue weighted by Crippen LogP contribution is 2.41. The predicted octanol–water partition coefficient (Wildman–Crippen LogP) is -0.0854. The van der Waals surface area contributed by atoms with Crippen molar-refractivity contribution in [1.82, 2.24) is 14.5 Å². The van der Waals surface area contributed by atoms with Crippen LogP contribution in [0.25, 0.3) is 11.0 Å². The number of anilines is 1. The molecule has 4 atom stereocenters. The molecule has 2 aliphatic rings. The molecule has 122 valence electrons. The first kappa shape index (κ1) is 14.6. The quantitative estimate of drug-likeness (QED) is 0.612. The summed E-state index contributed by atoms with van der Waals surface area (Å²) in [5, 5.41) is 34.2. The molecule has 1 saturated heterocycles. The molecular formula is C15H18N4O4. The summed E-state index contributed by atoms with van der Waals surface area (Å²) in [6.07, 6.45) is 4.91. The van der Waals surface area contributed by atoms with Crippen molar-refractivity contribution in [3.63, 3.8) is 0 Å². The van der Waals surface area contributed by atoms with Crippen molar-refractivity contribution in [2.45, 2.75) is 37.4 Å². The van der Waals surface area contributed by atoms with Crippen molar-refractivity contribution in [3.8, 4) is 0 Å². The van der Waals surface area contributed by atoms with Crippen LogP contribution in [0.2, 0.25) is 0 Å². The third kappa shape index (κ3) is 1.99. The van der Waals surface area contributed by atoms with Crippen molar-refractivity contribution < 1.29 is 20.1 Å². The summed E-state index contributed by atoms with van der Waals surface area (Å²) in [6, 6.07) is 0. The molecule has 0 bridgehead atoms. The molecule has 0 radical (unpaired) electrons. The van der Waals surface area contributed by atoms with Crippen molar-refractivity contribution in [2.24, 2.45) is 0 Å². The van der Waals surface area contributed by atoms with Crippen LogP contribution in [-0.4, -0.2) is 54.3 Å². The van der Waals surface area contributed by atoms with Gasteiger partial charge in [-0.2, -0.15) is 0 Å². The molecular weight excluding hydrogens is 300 g/mol. The van der Waals surface area contributed by atoms with Crippen LogP contribution in [0.4, 0.5) is 5.82 Å². The lowest BCUT2D eigenvalue weighted by Crippen LogP contribution is -2.44. The fourth-order valence-electron chi connectivity index (χ4n) is 3.32. The second-order valence-electron chi connectivity index (χ2n) is 6.11. The number of hydrogen-bond donors (Lipinski definition) is 4. The van der Waals surface area contributed by atoms with E-state index in [-0.39, 0.29) is 6.61 Å². The molecule has 4 rings (SSSR count). The number of nitrogens with zero attached hydrogens (tertiary/aromatic N) is 3. The molecule has 0 amide bonds. The normalized spacial score (nSPS) is 33.0. The predicted molar refractivity (Wildman–Crippen MR) is 81.6 cm³/mol. The Bertz CT molecular complexity index is 785. The maximum Gasteiger partial charge on any atom is 0.167 e. The van der Waals surface area contributed by atoms with Gasteiger partial charge in [0.05, 0.1) is 12.0 Å². The Morgan fingerprint density at radius 2 is 2.30 bits per heavy atom. The number of ether oxygens (including phenoxy) is 1. The Kier molecular flexibility index (Phi) is 3.17. The number of allylic oxidation sites excluding steroid dienone is 1. The number of aromatic nitrogens is 3. The van der Waals surface area contributed by atoms with E-state index in [1.165, 1.54) is 13.3 Å². The first-order chi connectivity index (χ1) is 11.0. The molecule has 0 spiro atoms. The first-order valence-corrected chi connectivity index (χ1v) is 7.46. The average molecular weight is 318 g/mol. The smallest absolute Gasteiger partial charge is 0.167 e. The topological polar surface area (TPSA) is 113 Å². The van der Waals surface area contributed by atoms with Gasteiger partial charge in [0, 0.05) is 6.20 Å². The van der Waals surface area contributed by atoms with Crippen molar-refractivity contribution >= 4 is 16.9 Å². The van der Waals surface area contributed by atoms with E-state index in [2.05, 4.69) is 15.3 Å². The van der Waals surface area contributed by atoms with Gasteiger partial charge in [0.2, 0.25) is 0 Å². The van der Waals surface area contributed by atoms with Crippen LogP contribution < -0.4 is 5.32 Å². The van der Waals surface area contributed by atoms with Crippen molar-refractivity contribution in [2.75, 3.05) is 11.9 Å². The monoisotopic (exact) mass is 318 g/mol. The van der Waals surface area contributed by atoms with Gasteiger partial charge in [0.25, 0.3) is 0 Å². The summed E-state index contributed by atoms with van der Waals surface area (Å²) in [5.74, 6) is 0.689. The lowest BCUT2D eigenvalue weighted by Gasteiger charge is -2.27. The zero-order chi connectivity index (χ0) is 16.2. The molecule has 1 fully saturated rings. The first-order valence-electron chi connectivity index (χ1n) is 7.46. The van der Waals surface area contributed by atoms with Gasteiger partial charge in [-0.3, -0.25) is 0 Å². The maximum atomic E-state index is 10.7. The Labute approximate surface area is 132 Å². The zero-order valence-electron chi connectivity index (χ0n) is 12.5. The van der Waals surface area contributed by atoms with Crippen LogP contribution >= 0.6 is 0 Å². The van der Waals surface area contributed by atoms with Gasteiger partial charge < -0.3 is 29.9 Å². The van der Waals surface area contributed by atoms with Crippen LogP contribution in [0.15, 0.2) is 24.8 Å². The maximum absolute atomic E-state index is 10.7. The van der Waals surface area contributed by atoms with E-state index in [0.717, 1.165) is 10.9 Å². The van der Waals surface area contributed by atoms with Crippen molar-refractivity contribution in [3.05, 3.63) is 30.4 Å². The Balaban J connectivity index is 1.88. The molecule has 0 aromatic carbocycles. The van der Waals surface area contributed by atoms with Gasteiger partial charge in [-0.15, -0.1) is 0 Å². The highest BCUT2D eigenvalue weighted by Gasteiger charge is 2.53. The largest absolute Gasteiger partial charge is 0.394 e. The standard InChI is InChI=1S/C15H18N4O4/c1-15(22)11(21)9(6-20)23-14(15)19-5-8-3-2-4-16-12-10(8)13(19)18-7-17-12/h2,4-5,7,9,11,14,20-22H,3,6H2,1H3,(H,16,17,18)/t9-,11-,14-,15?/m1/s1. The molecule has 1 unspecified atom stereocenters. The van der Waals surface area contributed by atoms with E-state index in [0.29, 0.717) is 17.9 Å². The minimum Gasteiger partial charge on any atom is -0.394 e. The van der Waals surface area contributed by atoms with E-state index in [4.69, 9.17) is 4.74 Å². The molecule has 23 heavy (non-hydrogen) atoms. The highest BCUT2D eigenvalue weighted by atomic mass is 16.6. The molecule has 8 heteroatoms. The Morgan fingerprint density at radius 1 is 1.48 bits per heavy atom. The molecule has 4 heterocycles. The molecule has 4 N–H and O–H groups in total. The highest BCUT2D eigenvalue weighted by molar-refractivity contribution is 5.92. The second kappa shape index (κ2) is 5.00. The molecule has 2 aliphatic heterocycles. The lowest BCUT2D eigenvalue weighted by atomic mass is 9.96. The molecule has 0 aliphatic carbocycles. The molecule has 2 aromatic rings. The second-order valence-corrected chi connectivity index (χ2v) is 6.11.